The predicted octanol–water partition coefficient (Wildman–Crippen LogP) is 3.70. The Balaban J connectivity index is 1.91. The molecule has 2 aromatic carbocycles. The Kier molecular flexibility index (Phi) is 5.24. The van der Waals surface area contributed by atoms with Crippen LogP contribution in [0.1, 0.15) is 29.6 Å². The van der Waals surface area contributed by atoms with E-state index in [0.29, 0.717) is 29.7 Å². The van der Waals surface area contributed by atoms with Crippen LogP contribution >= 0.6 is 0 Å². The highest BCUT2D eigenvalue weighted by Crippen LogP contribution is 2.32. The summed E-state index contributed by atoms with van der Waals surface area (Å²) in [4.78, 5) is 19.5. The summed E-state index contributed by atoms with van der Waals surface area (Å²) in [5.74, 6) is 0.281. The molecule has 4 rings (SSSR count). The molecule has 0 N–H and O–H groups in total. The number of para-hydroxylation sites is 1. The number of rotatable bonds is 4. The first-order chi connectivity index (χ1) is 14.0. The normalized spacial score (nSPS) is 14.7. The third-order valence-corrected chi connectivity index (χ3v) is 7.11. The minimum Gasteiger partial charge on any atom is -0.497 e. The van der Waals surface area contributed by atoms with Crippen LogP contribution in [0.4, 0.5) is 0 Å². The smallest absolute Gasteiger partial charge is 0.256 e. The maximum absolute atomic E-state index is 13.6. The molecule has 7 heteroatoms. The van der Waals surface area contributed by atoms with Gasteiger partial charge in [-0.25, -0.2) is 8.42 Å². The molecular weight excluding hydrogens is 388 g/mol. The van der Waals surface area contributed by atoms with Crippen molar-refractivity contribution in [3.63, 3.8) is 0 Å². The van der Waals surface area contributed by atoms with E-state index >= 15 is 0 Å². The largest absolute Gasteiger partial charge is 0.497 e. The van der Waals surface area contributed by atoms with Gasteiger partial charge in [-0.3, -0.25) is 9.78 Å². The Morgan fingerprint density at radius 2 is 1.69 bits per heavy atom. The minimum atomic E-state index is -3.95. The monoisotopic (exact) mass is 410 g/mol. The number of fused-ring (bicyclic) bond motifs is 1. The molecule has 0 bridgehead atoms. The van der Waals surface area contributed by atoms with Crippen LogP contribution < -0.4 is 4.74 Å². The van der Waals surface area contributed by atoms with E-state index in [4.69, 9.17) is 4.74 Å². The van der Waals surface area contributed by atoms with E-state index in [1.807, 2.05) is 0 Å². The molecule has 1 aliphatic heterocycles. The summed E-state index contributed by atoms with van der Waals surface area (Å²) >= 11 is 0. The lowest BCUT2D eigenvalue weighted by molar-refractivity contribution is 0.0720. The van der Waals surface area contributed by atoms with Crippen LogP contribution in [0.3, 0.4) is 0 Å². The van der Waals surface area contributed by atoms with E-state index in [-0.39, 0.29) is 21.3 Å². The number of hydrogen-bond donors (Lipinski definition) is 0. The van der Waals surface area contributed by atoms with Crippen LogP contribution in [-0.4, -0.2) is 44.4 Å². The van der Waals surface area contributed by atoms with Gasteiger partial charge in [0.2, 0.25) is 9.84 Å². The lowest BCUT2D eigenvalue weighted by atomic mass is 10.1. The first-order valence-corrected chi connectivity index (χ1v) is 11.1. The summed E-state index contributed by atoms with van der Waals surface area (Å²) in [6.45, 7) is 1.27. The van der Waals surface area contributed by atoms with Gasteiger partial charge in [0.25, 0.3) is 5.91 Å². The number of carbonyl (C=O) groups excluding carboxylic acids is 1. The number of piperidine rings is 1. The molecule has 0 aliphatic carbocycles. The molecule has 1 aliphatic rings. The Labute approximate surface area is 170 Å². The summed E-state index contributed by atoms with van der Waals surface area (Å²) < 4.78 is 32.4. The topological polar surface area (TPSA) is 76.6 Å². The average Bonchev–Trinajstić information content (AvgIpc) is 2.78. The van der Waals surface area contributed by atoms with Crippen LogP contribution in [-0.2, 0) is 9.84 Å². The molecule has 29 heavy (non-hydrogen) atoms. The molecule has 3 aromatic rings. The summed E-state index contributed by atoms with van der Waals surface area (Å²) in [6.07, 6.45) is 4.33. The van der Waals surface area contributed by atoms with Gasteiger partial charge in [0.1, 0.15) is 5.75 Å². The van der Waals surface area contributed by atoms with E-state index in [1.165, 1.54) is 25.4 Å². The first-order valence-electron chi connectivity index (χ1n) is 9.58. The van der Waals surface area contributed by atoms with E-state index < -0.39 is 9.84 Å². The van der Waals surface area contributed by atoms with E-state index in [0.717, 1.165) is 19.3 Å². The van der Waals surface area contributed by atoms with Gasteiger partial charge in [0, 0.05) is 24.7 Å². The SMILES string of the molecule is COc1ccc(S(=O)(=O)c2c(C(=O)N3CCCCC3)cnc3ccccc23)cc1. The Bertz CT molecular complexity index is 1150. The Morgan fingerprint density at radius 3 is 2.38 bits per heavy atom. The van der Waals surface area contributed by atoms with Crippen molar-refractivity contribution < 1.29 is 17.9 Å². The van der Waals surface area contributed by atoms with Crippen molar-refractivity contribution in [3.8, 4) is 5.75 Å². The maximum atomic E-state index is 13.6. The maximum Gasteiger partial charge on any atom is 0.256 e. The molecule has 1 saturated heterocycles. The van der Waals surface area contributed by atoms with Gasteiger partial charge in [-0.1, -0.05) is 18.2 Å². The zero-order valence-electron chi connectivity index (χ0n) is 16.2. The first kappa shape index (κ1) is 19.4. The lowest BCUT2D eigenvalue weighted by Crippen LogP contribution is -2.36. The van der Waals surface area contributed by atoms with Crippen LogP contribution in [0.2, 0.25) is 0 Å². The fraction of sp³-hybridized carbons (Fsp3) is 0.273. The summed E-state index contributed by atoms with van der Waals surface area (Å²) in [6, 6.07) is 13.2. The van der Waals surface area contributed by atoms with Crippen molar-refractivity contribution >= 4 is 26.6 Å². The van der Waals surface area contributed by atoms with Crippen LogP contribution in [0, 0.1) is 0 Å². The van der Waals surface area contributed by atoms with Gasteiger partial charge in [0.05, 0.1) is 28.0 Å². The fourth-order valence-electron chi connectivity index (χ4n) is 3.70. The molecule has 0 spiro atoms. The average molecular weight is 410 g/mol. The summed E-state index contributed by atoms with van der Waals surface area (Å²) in [5.41, 5.74) is 0.663. The number of amides is 1. The summed E-state index contributed by atoms with van der Waals surface area (Å²) in [5, 5.41) is 0.450. The number of likely N-dealkylation sites (tertiary alicyclic amines) is 1. The fourth-order valence-corrected chi connectivity index (χ4v) is 5.32. The molecule has 6 nitrogen and oxygen atoms in total. The van der Waals surface area contributed by atoms with E-state index in [9.17, 15) is 13.2 Å². The number of ether oxygens (including phenoxy) is 1. The van der Waals surface area contributed by atoms with Crippen LogP contribution in [0.5, 0.6) is 5.75 Å². The molecule has 0 atom stereocenters. The van der Waals surface area contributed by atoms with Crippen molar-refractivity contribution in [1.29, 1.82) is 0 Å². The highest BCUT2D eigenvalue weighted by atomic mass is 32.2. The van der Waals surface area contributed by atoms with Gasteiger partial charge in [-0.15, -0.1) is 0 Å². The molecule has 1 aromatic heterocycles. The molecule has 0 saturated carbocycles. The Hall–Kier alpha value is -2.93. The van der Waals surface area contributed by atoms with Gasteiger partial charge < -0.3 is 9.64 Å². The number of hydrogen-bond acceptors (Lipinski definition) is 5. The molecule has 2 heterocycles. The molecule has 1 amide bonds. The minimum absolute atomic E-state index is 0.0174. The molecule has 150 valence electrons. The number of nitrogens with zero attached hydrogens (tertiary/aromatic N) is 2. The van der Waals surface area contributed by atoms with Gasteiger partial charge in [-0.05, 0) is 49.6 Å². The van der Waals surface area contributed by atoms with Crippen LogP contribution in [0.25, 0.3) is 10.9 Å². The summed E-state index contributed by atoms with van der Waals surface area (Å²) in [7, 11) is -2.42. The van der Waals surface area contributed by atoms with Crippen LogP contribution in [0.15, 0.2) is 64.5 Å². The van der Waals surface area contributed by atoms with Crippen molar-refractivity contribution in [2.24, 2.45) is 0 Å². The third kappa shape index (κ3) is 3.58. The number of aromatic nitrogens is 1. The second kappa shape index (κ2) is 7.83. The second-order valence-electron chi connectivity index (χ2n) is 7.05. The molecule has 0 radical (unpaired) electrons. The van der Waals surface area contributed by atoms with E-state index in [2.05, 4.69) is 4.98 Å². The zero-order chi connectivity index (χ0) is 20.4. The highest BCUT2D eigenvalue weighted by Gasteiger charge is 2.30. The number of methoxy groups -OCH3 is 1. The third-order valence-electron chi connectivity index (χ3n) is 5.24. The molecule has 0 unspecified atom stereocenters. The predicted molar refractivity (Wildman–Crippen MR) is 110 cm³/mol. The number of benzene rings is 2. The quantitative estimate of drug-likeness (QED) is 0.655. The van der Waals surface area contributed by atoms with Gasteiger partial charge >= 0.3 is 0 Å². The van der Waals surface area contributed by atoms with Gasteiger partial charge in [-0.2, -0.15) is 0 Å². The number of sulfone groups is 1. The second-order valence-corrected chi connectivity index (χ2v) is 8.94. The van der Waals surface area contributed by atoms with Crippen molar-refractivity contribution in [2.45, 2.75) is 29.1 Å². The van der Waals surface area contributed by atoms with E-state index in [1.54, 1.807) is 41.3 Å². The number of pyridine rings is 1. The van der Waals surface area contributed by atoms with Crippen molar-refractivity contribution in [3.05, 3.63) is 60.3 Å². The lowest BCUT2D eigenvalue weighted by Gasteiger charge is -2.27. The Morgan fingerprint density at radius 1 is 1.00 bits per heavy atom. The van der Waals surface area contributed by atoms with Crippen molar-refractivity contribution in [1.82, 2.24) is 9.88 Å². The highest BCUT2D eigenvalue weighted by molar-refractivity contribution is 7.91. The molecular formula is C22H22N2O4S. The number of carbonyl (C=O) groups is 1. The zero-order valence-corrected chi connectivity index (χ0v) is 17.0. The van der Waals surface area contributed by atoms with Gasteiger partial charge in [0.15, 0.2) is 0 Å². The van der Waals surface area contributed by atoms with Crippen molar-refractivity contribution in [2.75, 3.05) is 20.2 Å². The molecule has 1 fully saturated rings. The standard InChI is InChI=1S/C22H22N2O4S/c1-28-16-9-11-17(12-10-16)29(26,27)21-18-7-3-4-8-20(18)23-15-19(21)22(25)24-13-5-2-6-14-24/h3-4,7-12,15H,2,5-6,13-14H2,1H3.